The van der Waals surface area contributed by atoms with E-state index in [1.165, 1.54) is 0 Å². The highest BCUT2D eigenvalue weighted by molar-refractivity contribution is 7.83. The monoisotopic (exact) mass is 126 g/mol. The maximum absolute atomic E-state index is 4.94. The van der Waals surface area contributed by atoms with Gasteiger partial charge in [0.2, 0.25) is 0 Å². The Morgan fingerprint density at radius 1 is 1.62 bits per heavy atom. The van der Waals surface area contributed by atoms with Crippen LogP contribution in [0.1, 0.15) is 5.76 Å². The first kappa shape index (κ1) is 5.51. The molecule has 2 heteroatoms. The number of furan rings is 1. The van der Waals surface area contributed by atoms with Crippen LogP contribution in [0.15, 0.2) is 28.2 Å². The molecule has 1 aromatic rings. The van der Waals surface area contributed by atoms with Crippen LogP contribution in [-0.2, 0) is 0 Å². The molecule has 42 valence electrons. The molecule has 0 aliphatic carbocycles. The van der Waals surface area contributed by atoms with Gasteiger partial charge in [-0.25, -0.2) is 0 Å². The van der Waals surface area contributed by atoms with Crippen molar-refractivity contribution >= 4 is 18.7 Å². The summed E-state index contributed by atoms with van der Waals surface area (Å²) in [6.07, 6.45) is 3.41. The van der Waals surface area contributed by atoms with Crippen LogP contribution in [0, 0.1) is 0 Å². The van der Waals surface area contributed by atoms with Crippen molar-refractivity contribution in [3.8, 4) is 0 Å². The smallest absolute Gasteiger partial charge is 0.127 e. The van der Waals surface area contributed by atoms with Crippen LogP contribution in [-0.4, -0.2) is 0 Å². The topological polar surface area (TPSA) is 13.1 Å². The summed E-state index contributed by atoms with van der Waals surface area (Å²) in [6.45, 7) is 0. The molecule has 1 rings (SSSR count). The summed E-state index contributed by atoms with van der Waals surface area (Å²) in [6, 6.07) is 3.70. The van der Waals surface area contributed by atoms with Gasteiger partial charge in [0.15, 0.2) is 0 Å². The SMILES string of the molecule is S/C=C/c1ccco1. The van der Waals surface area contributed by atoms with E-state index < -0.39 is 0 Å². The zero-order chi connectivity index (χ0) is 5.82. The Balaban J connectivity index is 2.77. The van der Waals surface area contributed by atoms with E-state index in [1.807, 2.05) is 12.1 Å². The van der Waals surface area contributed by atoms with Crippen molar-refractivity contribution in [2.45, 2.75) is 0 Å². The quantitative estimate of drug-likeness (QED) is 0.569. The summed E-state index contributed by atoms with van der Waals surface area (Å²) < 4.78 is 4.94. The summed E-state index contributed by atoms with van der Waals surface area (Å²) in [5.74, 6) is 0.833. The summed E-state index contributed by atoms with van der Waals surface area (Å²) in [7, 11) is 0. The van der Waals surface area contributed by atoms with E-state index in [-0.39, 0.29) is 0 Å². The van der Waals surface area contributed by atoms with Gasteiger partial charge in [-0.05, 0) is 23.6 Å². The Morgan fingerprint density at radius 2 is 2.50 bits per heavy atom. The van der Waals surface area contributed by atoms with Gasteiger partial charge in [-0.15, -0.1) is 0 Å². The van der Waals surface area contributed by atoms with E-state index in [4.69, 9.17) is 4.42 Å². The molecule has 0 aliphatic heterocycles. The lowest BCUT2D eigenvalue weighted by atomic mass is 10.5. The largest absolute Gasteiger partial charge is 0.465 e. The van der Waals surface area contributed by atoms with Crippen LogP contribution >= 0.6 is 12.6 Å². The van der Waals surface area contributed by atoms with Crippen molar-refractivity contribution in [1.29, 1.82) is 0 Å². The minimum atomic E-state index is 0.833. The second-order valence-corrected chi connectivity index (χ2v) is 1.63. The van der Waals surface area contributed by atoms with E-state index in [9.17, 15) is 0 Å². The van der Waals surface area contributed by atoms with E-state index in [0.29, 0.717) is 0 Å². The summed E-state index contributed by atoms with van der Waals surface area (Å²) >= 11 is 3.87. The third-order valence-corrected chi connectivity index (χ3v) is 0.931. The second kappa shape index (κ2) is 2.62. The molecule has 0 bridgehead atoms. The van der Waals surface area contributed by atoms with Crippen molar-refractivity contribution in [1.82, 2.24) is 0 Å². The maximum Gasteiger partial charge on any atom is 0.127 e. The molecule has 0 saturated carbocycles. The first-order valence-corrected chi connectivity index (χ1v) is 2.79. The maximum atomic E-state index is 4.94. The zero-order valence-electron chi connectivity index (χ0n) is 4.24. The predicted octanol–water partition coefficient (Wildman–Crippen LogP) is 2.18. The third kappa shape index (κ3) is 1.17. The fraction of sp³-hybridized carbons (Fsp3) is 0. The average molecular weight is 126 g/mol. The molecule has 0 aliphatic rings. The van der Waals surface area contributed by atoms with Gasteiger partial charge < -0.3 is 4.42 Å². The predicted molar refractivity (Wildman–Crippen MR) is 36.7 cm³/mol. The van der Waals surface area contributed by atoms with Crippen LogP contribution in [0.5, 0.6) is 0 Å². The van der Waals surface area contributed by atoms with E-state index in [2.05, 4.69) is 12.6 Å². The van der Waals surface area contributed by atoms with Crippen LogP contribution in [0.25, 0.3) is 6.08 Å². The third-order valence-electron chi connectivity index (χ3n) is 0.782. The Hall–Kier alpha value is -0.630. The van der Waals surface area contributed by atoms with Gasteiger partial charge in [0.1, 0.15) is 5.76 Å². The van der Waals surface area contributed by atoms with E-state index in [1.54, 1.807) is 17.7 Å². The molecular weight excluding hydrogens is 120 g/mol. The molecule has 1 heterocycles. The molecule has 0 amide bonds. The van der Waals surface area contributed by atoms with Crippen molar-refractivity contribution in [2.24, 2.45) is 0 Å². The normalized spacial score (nSPS) is 10.6. The second-order valence-electron chi connectivity index (χ2n) is 1.33. The van der Waals surface area contributed by atoms with E-state index >= 15 is 0 Å². The zero-order valence-corrected chi connectivity index (χ0v) is 5.14. The Kier molecular flexibility index (Phi) is 1.80. The van der Waals surface area contributed by atoms with Crippen LogP contribution < -0.4 is 0 Å². The molecule has 0 fully saturated rings. The Labute approximate surface area is 53.4 Å². The number of hydrogen-bond donors (Lipinski definition) is 1. The highest BCUT2D eigenvalue weighted by Crippen LogP contribution is 2.01. The lowest BCUT2D eigenvalue weighted by molar-refractivity contribution is 0.557. The highest BCUT2D eigenvalue weighted by Gasteiger charge is 1.82. The van der Waals surface area contributed by atoms with Gasteiger partial charge in [0.25, 0.3) is 0 Å². The van der Waals surface area contributed by atoms with Crippen molar-refractivity contribution in [3.05, 3.63) is 29.6 Å². The lowest BCUT2D eigenvalue weighted by Gasteiger charge is -1.75. The summed E-state index contributed by atoms with van der Waals surface area (Å²) in [5.41, 5.74) is 0. The number of hydrogen-bond acceptors (Lipinski definition) is 2. The fourth-order valence-electron chi connectivity index (χ4n) is 0.460. The van der Waals surface area contributed by atoms with Gasteiger partial charge in [-0.1, -0.05) is 0 Å². The number of thiol groups is 1. The molecule has 0 atom stereocenters. The molecule has 1 aromatic heterocycles. The molecule has 0 spiro atoms. The van der Waals surface area contributed by atoms with Gasteiger partial charge in [0, 0.05) is 0 Å². The first-order valence-electron chi connectivity index (χ1n) is 2.28. The van der Waals surface area contributed by atoms with Gasteiger partial charge >= 0.3 is 0 Å². The molecule has 0 unspecified atom stereocenters. The fourth-order valence-corrected chi connectivity index (χ4v) is 0.606. The highest BCUT2D eigenvalue weighted by atomic mass is 32.1. The van der Waals surface area contributed by atoms with Gasteiger partial charge in [-0.3, -0.25) is 0 Å². The Morgan fingerprint density at radius 3 is 3.00 bits per heavy atom. The van der Waals surface area contributed by atoms with Crippen LogP contribution in [0.4, 0.5) is 0 Å². The molecule has 0 N–H and O–H groups in total. The minimum absolute atomic E-state index is 0.833. The molecule has 8 heavy (non-hydrogen) atoms. The van der Waals surface area contributed by atoms with E-state index in [0.717, 1.165) is 5.76 Å². The van der Waals surface area contributed by atoms with Crippen molar-refractivity contribution < 1.29 is 4.42 Å². The summed E-state index contributed by atoms with van der Waals surface area (Å²) in [5, 5.41) is 1.64. The average Bonchev–Trinajstić information content (AvgIpc) is 2.19. The van der Waals surface area contributed by atoms with Gasteiger partial charge in [0.05, 0.1) is 6.26 Å². The molecule has 0 saturated heterocycles. The summed E-state index contributed by atoms with van der Waals surface area (Å²) in [4.78, 5) is 0. The van der Waals surface area contributed by atoms with Crippen molar-refractivity contribution in [2.75, 3.05) is 0 Å². The van der Waals surface area contributed by atoms with Gasteiger partial charge in [-0.2, -0.15) is 12.6 Å². The van der Waals surface area contributed by atoms with Crippen molar-refractivity contribution in [3.63, 3.8) is 0 Å². The van der Waals surface area contributed by atoms with Crippen LogP contribution in [0.2, 0.25) is 0 Å². The molecule has 1 nitrogen and oxygen atoms in total. The number of rotatable bonds is 1. The molecule has 0 aromatic carbocycles. The van der Waals surface area contributed by atoms with Crippen LogP contribution in [0.3, 0.4) is 0 Å². The Bertz CT molecular complexity index is 165. The standard InChI is InChI=1S/C6H6OS/c8-5-3-6-2-1-4-7-6/h1-5,8H/b5-3+. The molecule has 0 radical (unpaired) electrons. The molecular formula is C6H6OS. The minimum Gasteiger partial charge on any atom is -0.465 e. The lowest BCUT2D eigenvalue weighted by Crippen LogP contribution is -1.53. The first-order chi connectivity index (χ1) is 3.93.